The van der Waals surface area contributed by atoms with Crippen molar-refractivity contribution in [3.05, 3.63) is 151 Å². The third-order valence-electron chi connectivity index (χ3n) is 9.49. The van der Waals surface area contributed by atoms with E-state index in [0.29, 0.717) is 46.7 Å². The molecule has 0 amide bonds. The van der Waals surface area contributed by atoms with E-state index in [4.69, 9.17) is 19.4 Å². The molecule has 0 aliphatic carbocycles. The molecule has 0 bridgehead atoms. The molecule has 0 unspecified atom stereocenters. The smallest absolute Gasteiger partial charge is 0.503 e. The van der Waals surface area contributed by atoms with Crippen molar-refractivity contribution in [1.29, 1.82) is 0 Å². The summed E-state index contributed by atoms with van der Waals surface area (Å²) in [4.78, 5) is 18.8. The Bertz CT molecular complexity index is 2460. The minimum absolute atomic E-state index is 0. The second-order valence-corrected chi connectivity index (χ2v) is 14.3. The Morgan fingerprint density at radius 3 is 1.34 bits per heavy atom. The van der Waals surface area contributed by atoms with Crippen molar-refractivity contribution >= 4 is 21.8 Å². The van der Waals surface area contributed by atoms with Gasteiger partial charge in [0.2, 0.25) is 5.95 Å². The van der Waals surface area contributed by atoms with Gasteiger partial charge in [-0.2, -0.15) is 22.9 Å². The Morgan fingerprint density at radius 2 is 0.911 bits per heavy atom. The maximum atomic E-state index is 6.40. The zero-order valence-corrected chi connectivity index (χ0v) is 36.4. The molecule has 284 valence electrons. The predicted molar refractivity (Wildman–Crippen MR) is 213 cm³/mol. The molecule has 0 atom stereocenters. The van der Waals surface area contributed by atoms with E-state index in [1.54, 1.807) is 0 Å². The van der Waals surface area contributed by atoms with Gasteiger partial charge < -0.3 is 24.0 Å². The molecule has 9 heteroatoms. The molecule has 0 fully saturated rings. The van der Waals surface area contributed by atoms with Crippen molar-refractivity contribution in [1.82, 2.24) is 24.5 Å². The molecule has 0 saturated heterocycles. The van der Waals surface area contributed by atoms with Crippen molar-refractivity contribution in [3.63, 3.8) is 0 Å². The molecule has 0 aliphatic rings. The van der Waals surface area contributed by atoms with Gasteiger partial charge in [-0.3, -0.25) is 0 Å². The van der Waals surface area contributed by atoms with Crippen molar-refractivity contribution < 1.29 is 51.6 Å². The van der Waals surface area contributed by atoms with Gasteiger partial charge in [0.15, 0.2) is 0 Å². The fraction of sp³-hybridized carbons (Fsp3) is 0.191. The summed E-state index contributed by atoms with van der Waals surface area (Å²) >= 11 is 0. The second-order valence-electron chi connectivity index (χ2n) is 14.3. The van der Waals surface area contributed by atoms with Crippen molar-refractivity contribution in [2.24, 2.45) is 0 Å². The molecule has 0 N–H and O–H groups in total. The topological polar surface area (TPSA) is 75.0 Å². The molecular weight excluding hydrogens is 1060 g/mol. The van der Waals surface area contributed by atoms with Crippen LogP contribution in [-0.4, -0.2) is 24.5 Å². The third-order valence-corrected chi connectivity index (χ3v) is 9.49. The molecular formula is C47H39N5O2Pt2. The van der Waals surface area contributed by atoms with Gasteiger partial charge in [0.1, 0.15) is 0 Å². The Morgan fingerprint density at radius 1 is 0.482 bits per heavy atom. The summed E-state index contributed by atoms with van der Waals surface area (Å²) in [6, 6.07) is 41.7. The summed E-state index contributed by atoms with van der Waals surface area (Å²) in [5, 5.41) is 1.91. The molecule has 4 aromatic carbocycles. The molecule has 8 aromatic rings. The Hall–Kier alpha value is -4.96. The van der Waals surface area contributed by atoms with Crippen LogP contribution < -0.4 is 9.47 Å². The van der Waals surface area contributed by atoms with Crippen LogP contribution in [0.4, 0.5) is 0 Å². The average molecular weight is 1100 g/mol. The molecule has 7 nitrogen and oxygen atoms in total. The van der Waals surface area contributed by atoms with Gasteiger partial charge in [-0.15, -0.1) is 71.8 Å². The normalized spacial score (nSPS) is 11.2. The quantitative estimate of drug-likeness (QED) is 0.127. The van der Waals surface area contributed by atoms with Gasteiger partial charge in [-0.1, -0.05) is 88.0 Å². The maximum Gasteiger partial charge on any atom is 2.00 e. The van der Waals surface area contributed by atoms with Gasteiger partial charge in [-0.05, 0) is 46.8 Å². The SMILES string of the molecule is CC(C)c1cnc(-n2c3[c-]c(Oc4[c-]c(-c5cc(C(C)C)ccn5)ccc4)ccc3c3ccc(Oc4[c-]c(-c5cc(C(C)C)ccn5)ccc4)[c-]c32)nc1.[Pt+2].[Pt+2]. The number of fused-ring (bicyclic) bond motifs is 3. The average Bonchev–Trinajstić information content (AvgIpc) is 3.51. The fourth-order valence-corrected chi connectivity index (χ4v) is 6.35. The largest absolute Gasteiger partial charge is 2.00 e. The van der Waals surface area contributed by atoms with Crippen LogP contribution in [0.5, 0.6) is 23.0 Å². The molecule has 0 spiro atoms. The minimum Gasteiger partial charge on any atom is -0.503 e. The Kier molecular flexibility index (Phi) is 12.7. The number of pyridine rings is 2. The number of hydrogen-bond donors (Lipinski definition) is 0. The van der Waals surface area contributed by atoms with Gasteiger partial charge in [0.25, 0.3) is 0 Å². The van der Waals surface area contributed by atoms with E-state index in [9.17, 15) is 0 Å². The minimum atomic E-state index is 0. The number of aromatic nitrogens is 5. The van der Waals surface area contributed by atoms with E-state index in [1.165, 1.54) is 11.1 Å². The van der Waals surface area contributed by atoms with Crippen LogP contribution in [-0.2, 0) is 42.1 Å². The summed E-state index contributed by atoms with van der Waals surface area (Å²) in [6.07, 6.45) is 7.43. The molecule has 8 rings (SSSR count). The number of rotatable bonds is 10. The monoisotopic (exact) mass is 1100 g/mol. The van der Waals surface area contributed by atoms with E-state index in [0.717, 1.165) is 49.9 Å². The summed E-state index contributed by atoms with van der Waals surface area (Å²) in [5.41, 5.74) is 8.40. The first-order chi connectivity index (χ1) is 26.2. The number of benzene rings is 4. The molecule has 4 heterocycles. The van der Waals surface area contributed by atoms with Gasteiger partial charge in [0.05, 0.1) is 0 Å². The zero-order valence-electron chi connectivity index (χ0n) is 31.8. The van der Waals surface area contributed by atoms with Gasteiger partial charge in [0, 0.05) is 47.8 Å². The molecule has 0 aliphatic heterocycles. The Labute approximate surface area is 357 Å². The van der Waals surface area contributed by atoms with Crippen LogP contribution in [0.2, 0.25) is 0 Å². The maximum absolute atomic E-state index is 6.40. The first kappa shape index (κ1) is 40.7. The van der Waals surface area contributed by atoms with E-state index >= 15 is 0 Å². The van der Waals surface area contributed by atoms with Crippen LogP contribution >= 0.6 is 0 Å². The molecule has 56 heavy (non-hydrogen) atoms. The number of hydrogen-bond acceptors (Lipinski definition) is 6. The first-order valence-corrected chi connectivity index (χ1v) is 18.3. The van der Waals surface area contributed by atoms with Gasteiger partial charge >= 0.3 is 42.1 Å². The standard InChI is InChI=1S/C47H39N5O2.2Pt/c1-29(2)32-17-19-48-43(23-32)34-9-7-11-37(21-34)53-39-13-15-41-42-16-14-40(26-46(42)52(45(41)25-39)47-50-27-36(28-51-47)31(5)6)54-38-12-8-10-35(22-38)44-24-33(30(3)4)18-20-49-44;;/h7-20,23-24,27-31H,1-6H3;;/q-4;2*+2. The van der Waals surface area contributed by atoms with Crippen LogP contribution in [0.25, 0.3) is 50.3 Å². The van der Waals surface area contributed by atoms with E-state index in [-0.39, 0.29) is 42.1 Å². The fourth-order valence-electron chi connectivity index (χ4n) is 6.35. The van der Waals surface area contributed by atoms with Gasteiger partial charge in [-0.25, -0.2) is 9.97 Å². The summed E-state index contributed by atoms with van der Waals surface area (Å²) in [7, 11) is 0. The van der Waals surface area contributed by atoms with Crippen LogP contribution in [0.3, 0.4) is 0 Å². The zero-order chi connectivity index (χ0) is 37.3. The summed E-state index contributed by atoms with van der Waals surface area (Å²) < 4.78 is 14.8. The predicted octanol–water partition coefficient (Wildman–Crippen LogP) is 11.8. The van der Waals surface area contributed by atoms with Crippen molar-refractivity contribution in [2.75, 3.05) is 0 Å². The number of nitrogens with zero attached hydrogens (tertiary/aromatic N) is 5. The third kappa shape index (κ3) is 8.55. The van der Waals surface area contributed by atoms with Crippen LogP contribution in [0.15, 0.2) is 110 Å². The Balaban J connectivity index is 0.00000266. The number of ether oxygens (including phenoxy) is 2. The van der Waals surface area contributed by atoms with Crippen molar-refractivity contribution in [3.8, 4) is 51.5 Å². The summed E-state index contributed by atoms with van der Waals surface area (Å²) in [6.45, 7) is 12.9. The van der Waals surface area contributed by atoms with Crippen LogP contribution in [0.1, 0.15) is 76.0 Å². The molecule has 0 saturated carbocycles. The summed E-state index contributed by atoms with van der Waals surface area (Å²) in [5.74, 6) is 3.76. The van der Waals surface area contributed by atoms with Crippen LogP contribution in [0, 0.1) is 24.3 Å². The van der Waals surface area contributed by atoms with E-state index in [2.05, 4.69) is 87.9 Å². The van der Waals surface area contributed by atoms with E-state index in [1.807, 2.05) is 102 Å². The van der Waals surface area contributed by atoms with E-state index < -0.39 is 0 Å². The van der Waals surface area contributed by atoms with Crippen molar-refractivity contribution in [2.45, 2.75) is 59.3 Å². The second kappa shape index (κ2) is 17.4. The molecule has 0 radical (unpaired) electrons. The molecule has 4 aromatic heterocycles. The first-order valence-electron chi connectivity index (χ1n) is 18.3.